The van der Waals surface area contributed by atoms with E-state index in [1.54, 1.807) is 0 Å². The van der Waals surface area contributed by atoms with Gasteiger partial charge in [0.1, 0.15) is 0 Å². The molecule has 0 aromatic rings. The van der Waals surface area contributed by atoms with Gasteiger partial charge in [-0.25, -0.2) is 0 Å². The monoisotopic (exact) mass is 250 g/mol. The van der Waals surface area contributed by atoms with Gasteiger partial charge in [-0.3, -0.25) is 4.79 Å². The lowest BCUT2D eigenvalue weighted by molar-refractivity contribution is -0.168. The van der Waals surface area contributed by atoms with Gasteiger partial charge in [-0.05, 0) is 67.6 Å². The van der Waals surface area contributed by atoms with Crippen molar-refractivity contribution in [1.29, 1.82) is 0 Å². The zero-order chi connectivity index (χ0) is 13.0. The van der Waals surface area contributed by atoms with Crippen molar-refractivity contribution in [3.8, 4) is 0 Å². The van der Waals surface area contributed by atoms with Gasteiger partial charge < -0.3 is 4.74 Å². The molecule has 18 heavy (non-hydrogen) atoms. The van der Waals surface area contributed by atoms with Crippen molar-refractivity contribution in [2.75, 3.05) is 6.61 Å². The molecule has 0 aromatic heterocycles. The van der Waals surface area contributed by atoms with Crippen molar-refractivity contribution in [2.45, 2.75) is 65.7 Å². The maximum absolute atomic E-state index is 11.9. The van der Waals surface area contributed by atoms with Crippen LogP contribution in [-0.2, 0) is 9.53 Å². The highest BCUT2D eigenvalue weighted by atomic mass is 16.5. The predicted molar refractivity (Wildman–Crippen MR) is 71.1 cm³/mol. The van der Waals surface area contributed by atoms with Crippen LogP contribution in [0.1, 0.15) is 65.7 Å². The molecule has 4 aliphatic carbocycles. The fourth-order valence-electron chi connectivity index (χ4n) is 6.40. The van der Waals surface area contributed by atoms with Crippen molar-refractivity contribution >= 4 is 5.97 Å². The molecule has 0 amide bonds. The molecule has 0 aromatic carbocycles. The molecule has 0 N–H and O–H groups in total. The van der Waals surface area contributed by atoms with Gasteiger partial charge in [0.15, 0.2) is 0 Å². The Labute approximate surface area is 110 Å². The number of hydrogen-bond acceptors (Lipinski definition) is 2. The number of carbonyl (C=O) groups is 1. The first kappa shape index (κ1) is 12.5. The second kappa shape index (κ2) is 3.74. The second-order valence-corrected chi connectivity index (χ2v) is 8.11. The Kier molecular flexibility index (Phi) is 2.60. The van der Waals surface area contributed by atoms with E-state index >= 15 is 0 Å². The van der Waals surface area contributed by atoms with Gasteiger partial charge in [0.2, 0.25) is 0 Å². The first-order valence-corrected chi connectivity index (χ1v) is 7.52. The average molecular weight is 250 g/mol. The standard InChI is InChI=1S/C16H26O2/c1-4-18-13(17)8-16-7-12-5-14(2,10-16)9-15(3,6-12)11-16/h12H,4-11H2,1-3H3. The van der Waals surface area contributed by atoms with Crippen molar-refractivity contribution < 1.29 is 9.53 Å². The molecule has 102 valence electrons. The van der Waals surface area contributed by atoms with Crippen LogP contribution in [0.4, 0.5) is 0 Å². The van der Waals surface area contributed by atoms with Gasteiger partial charge in [-0.1, -0.05) is 13.8 Å². The summed E-state index contributed by atoms with van der Waals surface area (Å²) in [5, 5.41) is 0. The first-order chi connectivity index (χ1) is 8.36. The van der Waals surface area contributed by atoms with E-state index in [2.05, 4.69) is 13.8 Å². The summed E-state index contributed by atoms with van der Waals surface area (Å²) >= 11 is 0. The molecule has 2 unspecified atom stereocenters. The van der Waals surface area contributed by atoms with Gasteiger partial charge in [0, 0.05) is 0 Å². The highest BCUT2D eigenvalue weighted by Crippen LogP contribution is 2.70. The van der Waals surface area contributed by atoms with Crippen LogP contribution < -0.4 is 0 Å². The van der Waals surface area contributed by atoms with E-state index in [1.165, 1.54) is 38.5 Å². The molecular formula is C16H26O2. The second-order valence-electron chi connectivity index (χ2n) is 8.11. The summed E-state index contributed by atoms with van der Waals surface area (Å²) in [6, 6.07) is 0. The summed E-state index contributed by atoms with van der Waals surface area (Å²) in [5.41, 5.74) is 1.27. The lowest BCUT2D eigenvalue weighted by atomic mass is 9.40. The van der Waals surface area contributed by atoms with Crippen LogP contribution in [0.2, 0.25) is 0 Å². The van der Waals surface area contributed by atoms with Crippen LogP contribution in [0.3, 0.4) is 0 Å². The maximum atomic E-state index is 11.9. The van der Waals surface area contributed by atoms with Crippen LogP contribution >= 0.6 is 0 Å². The molecule has 0 spiro atoms. The van der Waals surface area contributed by atoms with Crippen LogP contribution in [-0.4, -0.2) is 12.6 Å². The van der Waals surface area contributed by atoms with Crippen molar-refractivity contribution in [3.63, 3.8) is 0 Å². The first-order valence-electron chi connectivity index (χ1n) is 7.52. The Morgan fingerprint density at radius 1 is 1.11 bits per heavy atom. The highest BCUT2D eigenvalue weighted by Gasteiger charge is 2.60. The number of ether oxygens (including phenoxy) is 1. The minimum Gasteiger partial charge on any atom is -0.466 e. The zero-order valence-electron chi connectivity index (χ0n) is 12.1. The summed E-state index contributed by atoms with van der Waals surface area (Å²) in [4.78, 5) is 11.9. The molecule has 0 heterocycles. The van der Waals surface area contributed by atoms with E-state index < -0.39 is 0 Å². The summed E-state index contributed by atoms with van der Waals surface area (Å²) in [5.74, 6) is 0.900. The molecule has 2 heteroatoms. The quantitative estimate of drug-likeness (QED) is 0.709. The smallest absolute Gasteiger partial charge is 0.306 e. The molecule has 4 bridgehead atoms. The lowest BCUT2D eigenvalue weighted by Crippen LogP contribution is -2.55. The number of esters is 1. The lowest BCUT2D eigenvalue weighted by Gasteiger charge is -2.65. The Hall–Kier alpha value is -0.530. The van der Waals surface area contributed by atoms with Crippen LogP contribution in [0.25, 0.3) is 0 Å². The topological polar surface area (TPSA) is 26.3 Å². The Morgan fingerprint density at radius 3 is 2.22 bits per heavy atom. The van der Waals surface area contributed by atoms with Gasteiger partial charge >= 0.3 is 5.97 Å². The van der Waals surface area contributed by atoms with Crippen LogP contribution in [0.5, 0.6) is 0 Å². The minimum atomic E-state index is 0.0339. The third-order valence-electron chi connectivity index (χ3n) is 5.57. The Bertz CT molecular complexity index is 355. The number of rotatable bonds is 3. The number of carbonyl (C=O) groups excluding carboxylic acids is 1. The minimum absolute atomic E-state index is 0.0339. The van der Waals surface area contributed by atoms with Crippen LogP contribution in [0, 0.1) is 22.2 Å². The summed E-state index contributed by atoms with van der Waals surface area (Å²) in [6.07, 6.45) is 8.62. The van der Waals surface area contributed by atoms with E-state index in [0.717, 1.165) is 5.92 Å². The van der Waals surface area contributed by atoms with E-state index in [-0.39, 0.29) is 11.4 Å². The van der Waals surface area contributed by atoms with Gasteiger partial charge in [0.05, 0.1) is 13.0 Å². The fourth-order valence-corrected chi connectivity index (χ4v) is 6.40. The highest BCUT2D eigenvalue weighted by molar-refractivity contribution is 5.70. The molecule has 2 nitrogen and oxygen atoms in total. The van der Waals surface area contributed by atoms with Gasteiger partial charge in [-0.2, -0.15) is 0 Å². The molecule has 0 aliphatic heterocycles. The van der Waals surface area contributed by atoms with Crippen molar-refractivity contribution in [2.24, 2.45) is 22.2 Å². The third-order valence-corrected chi connectivity index (χ3v) is 5.57. The van der Waals surface area contributed by atoms with Crippen molar-refractivity contribution in [1.82, 2.24) is 0 Å². The number of hydrogen-bond donors (Lipinski definition) is 0. The van der Waals surface area contributed by atoms with Crippen molar-refractivity contribution in [3.05, 3.63) is 0 Å². The normalized spacial score (nSPS) is 49.4. The fraction of sp³-hybridized carbons (Fsp3) is 0.938. The summed E-state index contributed by atoms with van der Waals surface area (Å²) < 4.78 is 5.21. The van der Waals surface area contributed by atoms with Gasteiger partial charge in [-0.15, -0.1) is 0 Å². The molecule has 2 atom stereocenters. The molecule has 4 saturated carbocycles. The zero-order valence-corrected chi connectivity index (χ0v) is 12.1. The van der Waals surface area contributed by atoms with E-state index in [0.29, 0.717) is 23.9 Å². The van der Waals surface area contributed by atoms with E-state index in [1.807, 2.05) is 6.92 Å². The average Bonchev–Trinajstić information content (AvgIpc) is 2.09. The molecule has 0 saturated heterocycles. The predicted octanol–water partition coefficient (Wildman–Crippen LogP) is 3.94. The molecule has 4 rings (SSSR count). The van der Waals surface area contributed by atoms with E-state index in [4.69, 9.17) is 4.74 Å². The maximum Gasteiger partial charge on any atom is 0.306 e. The SMILES string of the molecule is CCOC(=O)CC12CC3CC(C)(CC(C)(C3)C1)C2. The molecule has 4 fully saturated rings. The molecular weight excluding hydrogens is 224 g/mol. The van der Waals surface area contributed by atoms with E-state index in [9.17, 15) is 4.79 Å². The molecule has 0 radical (unpaired) electrons. The van der Waals surface area contributed by atoms with Crippen LogP contribution in [0.15, 0.2) is 0 Å². The van der Waals surface area contributed by atoms with Gasteiger partial charge in [0.25, 0.3) is 0 Å². The summed E-state index contributed by atoms with van der Waals surface area (Å²) in [6.45, 7) is 7.33. The summed E-state index contributed by atoms with van der Waals surface area (Å²) in [7, 11) is 0. The third kappa shape index (κ3) is 1.98. The Balaban J connectivity index is 1.82. The Morgan fingerprint density at radius 2 is 1.72 bits per heavy atom. The molecule has 4 aliphatic rings. The largest absolute Gasteiger partial charge is 0.466 e.